The van der Waals surface area contributed by atoms with E-state index in [1.54, 1.807) is 24.1 Å². The molecular weight excluding hydrogens is 630 g/mol. The number of allylic oxidation sites excluding steroid dienone is 2. The Bertz CT molecular complexity index is 1470. The number of furan rings is 1. The van der Waals surface area contributed by atoms with Crippen LogP contribution in [0.25, 0.3) is 0 Å². The van der Waals surface area contributed by atoms with Crippen molar-refractivity contribution >= 4 is 11.9 Å². The summed E-state index contributed by atoms with van der Waals surface area (Å²) in [6, 6.07) is 9.37. The summed E-state index contributed by atoms with van der Waals surface area (Å²) in [6.45, 7) is 12.0. The van der Waals surface area contributed by atoms with Crippen molar-refractivity contribution in [3.8, 4) is 0 Å². The molecule has 1 aromatic heterocycles. The molecular formula is C42H61NO7. The molecule has 1 amide bonds. The van der Waals surface area contributed by atoms with E-state index in [0.29, 0.717) is 75.0 Å². The van der Waals surface area contributed by atoms with Crippen LogP contribution in [0.1, 0.15) is 132 Å². The molecule has 50 heavy (non-hydrogen) atoms. The molecule has 2 N–H and O–H groups in total. The molecule has 0 spiro atoms. The van der Waals surface area contributed by atoms with Crippen molar-refractivity contribution in [3.63, 3.8) is 0 Å². The fourth-order valence-corrected chi connectivity index (χ4v) is 9.14. The molecule has 0 unspecified atom stereocenters. The minimum Gasteiger partial charge on any atom is -0.461 e. The Labute approximate surface area is 299 Å². The van der Waals surface area contributed by atoms with Gasteiger partial charge in [0.1, 0.15) is 6.10 Å². The Morgan fingerprint density at radius 2 is 1.92 bits per heavy atom. The van der Waals surface area contributed by atoms with Gasteiger partial charge in [-0.15, -0.1) is 0 Å². The van der Waals surface area contributed by atoms with E-state index >= 15 is 0 Å². The van der Waals surface area contributed by atoms with Crippen molar-refractivity contribution < 1.29 is 33.7 Å². The zero-order valence-electron chi connectivity index (χ0n) is 31.3. The number of ether oxygens (including phenoxy) is 2. The van der Waals surface area contributed by atoms with Gasteiger partial charge in [-0.2, -0.15) is 0 Å². The highest BCUT2D eigenvalue weighted by molar-refractivity contribution is 6.08. The average molecular weight is 692 g/mol. The zero-order chi connectivity index (χ0) is 36.1. The second-order valence-electron chi connectivity index (χ2n) is 16.3. The van der Waals surface area contributed by atoms with Gasteiger partial charge in [0.2, 0.25) is 5.78 Å². The fraction of sp³-hybridized carbons (Fsp3) is 0.667. The molecule has 4 aliphatic rings. The van der Waals surface area contributed by atoms with E-state index in [4.69, 9.17) is 13.9 Å². The highest BCUT2D eigenvalue weighted by Crippen LogP contribution is 2.59. The summed E-state index contributed by atoms with van der Waals surface area (Å²) in [5.74, 6) is 1.14. The van der Waals surface area contributed by atoms with Crippen molar-refractivity contribution in [1.82, 2.24) is 4.90 Å². The van der Waals surface area contributed by atoms with Gasteiger partial charge in [-0.05, 0) is 124 Å². The fourth-order valence-electron chi connectivity index (χ4n) is 9.14. The summed E-state index contributed by atoms with van der Waals surface area (Å²) in [4.78, 5) is 29.9. The molecule has 1 heterocycles. The van der Waals surface area contributed by atoms with Gasteiger partial charge in [-0.25, -0.2) is 4.79 Å². The topological polar surface area (TPSA) is 109 Å². The number of rotatable bonds is 10. The maximum Gasteiger partial charge on any atom is 0.410 e. The van der Waals surface area contributed by atoms with Gasteiger partial charge < -0.3 is 29.0 Å². The van der Waals surface area contributed by atoms with Crippen LogP contribution in [0.4, 0.5) is 4.79 Å². The Hall–Kier alpha value is -2.94. The third-order valence-electron chi connectivity index (χ3n) is 12.4. The lowest BCUT2D eigenvalue weighted by molar-refractivity contribution is -0.0868. The Morgan fingerprint density at radius 1 is 1.12 bits per heavy atom. The smallest absolute Gasteiger partial charge is 0.410 e. The summed E-state index contributed by atoms with van der Waals surface area (Å²) >= 11 is 0. The lowest BCUT2D eigenvalue weighted by Crippen LogP contribution is -2.54. The highest BCUT2D eigenvalue weighted by Gasteiger charge is 2.58. The summed E-state index contributed by atoms with van der Waals surface area (Å²) in [7, 11) is 1.66. The number of hydrogen-bond donors (Lipinski definition) is 2. The molecule has 8 heteroatoms. The molecule has 7 atom stereocenters. The Balaban J connectivity index is 1.52. The molecule has 2 aromatic rings. The standard InChI is InChI=1S/C42H61NO7/c1-28(2)33-16-13-30(4)24-38(33)50-40(46)43(21-9-22-48-6)27-42(47)20-18-36-34-17-14-31(26-35(34)39(45)37-11-8-23-49-37)25-32(44)15-12-29(3)10-7-19-41(36,42)5/h8,10-11,14,17,23,26,28,30,32-33,36,38,44,47H,7,9,12-13,15-16,18-22,24-25,27H2,1-6H3/t30-,32-,33+,36-,38-,41-,42+/m0/s1. The largest absolute Gasteiger partial charge is 0.461 e. The normalized spacial score (nSPS) is 30.4. The van der Waals surface area contributed by atoms with Gasteiger partial charge in [0, 0.05) is 31.2 Å². The Kier molecular flexibility index (Phi) is 12.7. The zero-order valence-corrected chi connectivity index (χ0v) is 31.3. The summed E-state index contributed by atoms with van der Waals surface area (Å²) in [5.41, 5.74) is 1.64. The summed E-state index contributed by atoms with van der Waals surface area (Å²) in [5, 5.41) is 23.8. The van der Waals surface area contributed by atoms with Crippen LogP contribution in [-0.4, -0.2) is 71.6 Å². The van der Waals surface area contributed by atoms with Crippen LogP contribution in [0.5, 0.6) is 0 Å². The number of aliphatic hydroxyl groups is 2. The Morgan fingerprint density at radius 3 is 2.64 bits per heavy atom. The number of amides is 1. The van der Waals surface area contributed by atoms with Crippen molar-refractivity contribution in [2.45, 2.75) is 129 Å². The van der Waals surface area contributed by atoms with Crippen LogP contribution in [0.3, 0.4) is 0 Å². The third-order valence-corrected chi connectivity index (χ3v) is 12.4. The first-order valence-corrected chi connectivity index (χ1v) is 19.1. The summed E-state index contributed by atoms with van der Waals surface area (Å²) < 4.78 is 17.3. The molecule has 2 bridgehead atoms. The number of benzene rings is 1. The van der Waals surface area contributed by atoms with Gasteiger partial charge in [-0.1, -0.05) is 57.9 Å². The minimum atomic E-state index is -1.24. The van der Waals surface area contributed by atoms with Crippen LogP contribution in [0.2, 0.25) is 0 Å². The van der Waals surface area contributed by atoms with Crippen LogP contribution in [-0.2, 0) is 15.9 Å². The van der Waals surface area contributed by atoms with Crippen molar-refractivity contribution in [3.05, 3.63) is 70.7 Å². The third kappa shape index (κ3) is 8.56. The lowest BCUT2D eigenvalue weighted by atomic mass is 9.64. The van der Waals surface area contributed by atoms with Crippen molar-refractivity contribution in [2.24, 2.45) is 23.2 Å². The van der Waals surface area contributed by atoms with E-state index in [1.165, 1.54) is 11.8 Å². The maximum absolute atomic E-state index is 14.2. The van der Waals surface area contributed by atoms with Gasteiger partial charge in [0.05, 0.1) is 24.5 Å². The molecule has 276 valence electrons. The molecule has 0 radical (unpaired) electrons. The van der Waals surface area contributed by atoms with Crippen molar-refractivity contribution in [2.75, 3.05) is 26.8 Å². The van der Waals surface area contributed by atoms with E-state index in [-0.39, 0.29) is 36.2 Å². The minimum absolute atomic E-state index is 0.144. The molecule has 0 aliphatic heterocycles. The number of carbonyl (C=O) groups excluding carboxylic acids is 2. The van der Waals surface area contributed by atoms with Gasteiger partial charge >= 0.3 is 6.09 Å². The second kappa shape index (κ2) is 16.6. The SMILES string of the molecule is COCCCN(C[C@]1(O)CC[C@H]2c3ccc(cc3C(=O)c3ccco3)C[C@@H](O)CCC(C)=CCC[C@@]21C)C(=O)O[C@H]1C[C@@H](C)CC[C@@H]1C(C)C. The first kappa shape index (κ1) is 38.3. The number of carbonyl (C=O) groups is 2. The number of hydrogen-bond acceptors (Lipinski definition) is 7. The predicted octanol–water partition coefficient (Wildman–Crippen LogP) is 8.49. The van der Waals surface area contributed by atoms with Gasteiger partial charge in [0.25, 0.3) is 0 Å². The van der Waals surface area contributed by atoms with E-state index < -0.39 is 17.1 Å². The molecule has 0 saturated heterocycles. The number of nitrogens with zero attached hydrogens (tertiary/aromatic N) is 1. The van der Waals surface area contributed by atoms with E-state index in [9.17, 15) is 19.8 Å². The quantitative estimate of drug-likeness (QED) is 0.146. The first-order valence-electron chi connectivity index (χ1n) is 19.1. The molecule has 6 rings (SSSR count). The van der Waals surface area contributed by atoms with Crippen LogP contribution in [0.15, 0.2) is 52.7 Å². The van der Waals surface area contributed by atoms with Crippen LogP contribution in [0, 0.1) is 23.2 Å². The maximum atomic E-state index is 14.2. The number of ketones is 1. The van der Waals surface area contributed by atoms with E-state index in [0.717, 1.165) is 43.2 Å². The second-order valence-corrected chi connectivity index (χ2v) is 16.3. The molecule has 2 fully saturated rings. The lowest BCUT2D eigenvalue weighted by Gasteiger charge is -2.46. The number of methoxy groups -OCH3 is 1. The van der Waals surface area contributed by atoms with Crippen LogP contribution >= 0.6 is 0 Å². The summed E-state index contributed by atoms with van der Waals surface area (Å²) in [6.07, 6.45) is 10.8. The number of aliphatic hydroxyl groups excluding tert-OH is 1. The highest BCUT2D eigenvalue weighted by atomic mass is 16.6. The van der Waals surface area contributed by atoms with Gasteiger partial charge in [0.15, 0.2) is 5.76 Å². The average Bonchev–Trinajstić information content (AvgIpc) is 3.70. The van der Waals surface area contributed by atoms with Crippen LogP contribution < -0.4 is 0 Å². The molecule has 8 nitrogen and oxygen atoms in total. The molecule has 1 aromatic carbocycles. The monoisotopic (exact) mass is 691 g/mol. The van der Waals surface area contributed by atoms with Gasteiger partial charge in [-0.3, -0.25) is 4.79 Å². The van der Waals surface area contributed by atoms with E-state index in [1.807, 2.05) is 18.2 Å². The van der Waals surface area contributed by atoms with E-state index in [2.05, 4.69) is 40.7 Å². The number of fused-ring (bicyclic) bond motifs is 8. The predicted molar refractivity (Wildman–Crippen MR) is 195 cm³/mol. The molecule has 2 saturated carbocycles. The van der Waals surface area contributed by atoms with Crippen molar-refractivity contribution in [1.29, 1.82) is 0 Å². The first-order chi connectivity index (χ1) is 23.8. The molecule has 4 aliphatic carbocycles.